The van der Waals surface area contributed by atoms with E-state index in [4.69, 9.17) is 16.3 Å². The summed E-state index contributed by atoms with van der Waals surface area (Å²) in [5, 5.41) is 13.0. The number of rotatable bonds is 2. The van der Waals surface area contributed by atoms with Crippen molar-refractivity contribution in [2.75, 3.05) is 6.61 Å². The molecule has 3 rings (SSSR count). The average molecular weight is 251 g/mol. The summed E-state index contributed by atoms with van der Waals surface area (Å²) in [5.74, 6) is 0.595. The molecule has 5 nitrogen and oxygen atoms in total. The summed E-state index contributed by atoms with van der Waals surface area (Å²) in [6.07, 6.45) is 1.92. The van der Waals surface area contributed by atoms with E-state index in [1.807, 2.05) is 24.3 Å². The van der Waals surface area contributed by atoms with Gasteiger partial charge in [0.1, 0.15) is 0 Å². The number of ether oxygens (including phenoxy) is 1. The largest absolute Gasteiger partial charge is 0.355 e. The zero-order chi connectivity index (χ0) is 11.7. The number of aromatic nitrogens is 4. The summed E-state index contributed by atoms with van der Waals surface area (Å²) in [4.78, 5) is 1.54. The van der Waals surface area contributed by atoms with Crippen LogP contribution in [-0.2, 0) is 4.74 Å². The molecule has 88 valence electrons. The molecule has 0 N–H and O–H groups in total. The first-order valence-corrected chi connectivity index (χ1v) is 5.88. The van der Waals surface area contributed by atoms with Crippen LogP contribution < -0.4 is 0 Å². The molecule has 2 heterocycles. The Labute approximate surface area is 103 Å². The van der Waals surface area contributed by atoms with Crippen LogP contribution in [0.1, 0.15) is 19.1 Å². The highest BCUT2D eigenvalue weighted by atomic mass is 35.5. The Balaban J connectivity index is 1.86. The summed E-state index contributed by atoms with van der Waals surface area (Å²) in [7, 11) is 0. The van der Waals surface area contributed by atoms with Crippen LogP contribution in [0.4, 0.5) is 0 Å². The summed E-state index contributed by atoms with van der Waals surface area (Å²) >= 11 is 5.83. The molecule has 1 aliphatic heterocycles. The van der Waals surface area contributed by atoms with E-state index in [1.165, 1.54) is 4.80 Å². The standard InChI is InChI=1S/C11H11ClN4O/c12-9-5-3-8(4-6-9)11-13-15-16(14-11)10-2-1-7-17-10/h3-6,10H,1-2,7H2. The number of hydrogen-bond donors (Lipinski definition) is 0. The molecule has 1 aromatic heterocycles. The Morgan fingerprint density at radius 2 is 2.12 bits per heavy atom. The van der Waals surface area contributed by atoms with Crippen LogP contribution in [0.25, 0.3) is 11.4 Å². The summed E-state index contributed by atoms with van der Waals surface area (Å²) in [6, 6.07) is 7.37. The van der Waals surface area contributed by atoms with E-state index >= 15 is 0 Å². The van der Waals surface area contributed by atoms with Crippen LogP contribution >= 0.6 is 11.6 Å². The minimum absolute atomic E-state index is 0.0662. The van der Waals surface area contributed by atoms with Gasteiger partial charge in [0, 0.05) is 17.2 Å². The van der Waals surface area contributed by atoms with Crippen molar-refractivity contribution < 1.29 is 4.74 Å². The fourth-order valence-corrected chi connectivity index (χ4v) is 1.93. The summed E-state index contributed by atoms with van der Waals surface area (Å²) in [6.45, 7) is 0.766. The molecular weight excluding hydrogens is 240 g/mol. The Bertz CT molecular complexity index is 504. The lowest BCUT2D eigenvalue weighted by molar-refractivity contribution is 0.0342. The Hall–Kier alpha value is -1.46. The van der Waals surface area contributed by atoms with Crippen LogP contribution in [0.5, 0.6) is 0 Å². The van der Waals surface area contributed by atoms with Gasteiger partial charge in [-0.25, -0.2) is 0 Å². The van der Waals surface area contributed by atoms with Crippen molar-refractivity contribution in [3.63, 3.8) is 0 Å². The van der Waals surface area contributed by atoms with Gasteiger partial charge in [-0.1, -0.05) is 11.6 Å². The Morgan fingerprint density at radius 3 is 2.82 bits per heavy atom. The van der Waals surface area contributed by atoms with Gasteiger partial charge in [0.2, 0.25) is 5.82 Å². The highest BCUT2D eigenvalue weighted by Gasteiger charge is 2.20. The maximum atomic E-state index is 5.83. The molecule has 17 heavy (non-hydrogen) atoms. The normalized spacial score (nSPS) is 19.7. The molecule has 1 aliphatic rings. The topological polar surface area (TPSA) is 52.8 Å². The molecule has 6 heteroatoms. The fraction of sp³-hybridized carbons (Fsp3) is 0.364. The second kappa shape index (κ2) is 4.43. The maximum absolute atomic E-state index is 5.83. The van der Waals surface area contributed by atoms with Gasteiger partial charge in [-0.2, -0.15) is 0 Å². The molecule has 0 saturated carbocycles. The minimum atomic E-state index is -0.0662. The number of nitrogens with zero attached hydrogens (tertiary/aromatic N) is 4. The predicted molar refractivity (Wildman–Crippen MR) is 62.5 cm³/mol. The van der Waals surface area contributed by atoms with E-state index in [2.05, 4.69) is 15.4 Å². The third kappa shape index (κ3) is 2.16. The quantitative estimate of drug-likeness (QED) is 0.821. The molecule has 1 unspecified atom stereocenters. The van der Waals surface area contributed by atoms with Gasteiger partial charge in [-0.15, -0.1) is 15.0 Å². The maximum Gasteiger partial charge on any atom is 0.205 e. The lowest BCUT2D eigenvalue weighted by Crippen LogP contribution is -2.10. The Kier molecular flexibility index (Phi) is 2.78. The van der Waals surface area contributed by atoms with Crippen molar-refractivity contribution in [1.29, 1.82) is 0 Å². The molecule has 1 aromatic carbocycles. The summed E-state index contributed by atoms with van der Waals surface area (Å²) < 4.78 is 5.48. The predicted octanol–water partition coefficient (Wildman–Crippen LogP) is 2.30. The van der Waals surface area contributed by atoms with Crippen LogP contribution in [0, 0.1) is 0 Å². The first-order valence-electron chi connectivity index (χ1n) is 5.50. The first kappa shape index (κ1) is 10.7. The Morgan fingerprint density at radius 1 is 1.29 bits per heavy atom. The molecule has 0 amide bonds. The van der Waals surface area contributed by atoms with Crippen molar-refractivity contribution in [2.45, 2.75) is 19.1 Å². The minimum Gasteiger partial charge on any atom is -0.355 e. The van der Waals surface area contributed by atoms with Gasteiger partial charge in [-0.3, -0.25) is 0 Å². The van der Waals surface area contributed by atoms with Gasteiger partial charge in [-0.05, 0) is 42.3 Å². The second-order valence-corrected chi connectivity index (χ2v) is 4.34. The van der Waals surface area contributed by atoms with E-state index in [9.17, 15) is 0 Å². The van der Waals surface area contributed by atoms with E-state index in [0.29, 0.717) is 10.8 Å². The zero-order valence-corrected chi connectivity index (χ0v) is 9.84. The third-order valence-corrected chi connectivity index (χ3v) is 2.95. The molecule has 0 aliphatic carbocycles. The zero-order valence-electron chi connectivity index (χ0n) is 9.08. The van der Waals surface area contributed by atoms with Crippen LogP contribution in [0.3, 0.4) is 0 Å². The van der Waals surface area contributed by atoms with E-state index in [0.717, 1.165) is 25.0 Å². The number of halogens is 1. The van der Waals surface area contributed by atoms with Crippen LogP contribution in [0.2, 0.25) is 5.02 Å². The van der Waals surface area contributed by atoms with E-state index < -0.39 is 0 Å². The molecular formula is C11H11ClN4O. The van der Waals surface area contributed by atoms with Gasteiger partial charge >= 0.3 is 0 Å². The second-order valence-electron chi connectivity index (χ2n) is 3.91. The van der Waals surface area contributed by atoms with Crippen molar-refractivity contribution in [3.8, 4) is 11.4 Å². The number of benzene rings is 1. The molecule has 1 fully saturated rings. The summed E-state index contributed by atoms with van der Waals surface area (Å²) in [5.41, 5.74) is 0.902. The van der Waals surface area contributed by atoms with Crippen molar-refractivity contribution in [2.24, 2.45) is 0 Å². The molecule has 1 saturated heterocycles. The number of tetrazole rings is 1. The lowest BCUT2D eigenvalue weighted by Gasteiger charge is -2.05. The number of hydrogen-bond acceptors (Lipinski definition) is 4. The van der Waals surface area contributed by atoms with Crippen LogP contribution in [-0.4, -0.2) is 26.8 Å². The molecule has 0 bridgehead atoms. The highest BCUT2D eigenvalue weighted by molar-refractivity contribution is 6.30. The van der Waals surface area contributed by atoms with Crippen molar-refractivity contribution in [1.82, 2.24) is 20.2 Å². The lowest BCUT2D eigenvalue weighted by atomic mass is 10.2. The monoisotopic (exact) mass is 250 g/mol. The fourth-order valence-electron chi connectivity index (χ4n) is 1.80. The van der Waals surface area contributed by atoms with Gasteiger partial charge in [0.15, 0.2) is 6.23 Å². The van der Waals surface area contributed by atoms with Crippen molar-refractivity contribution >= 4 is 11.6 Å². The molecule has 1 atom stereocenters. The third-order valence-electron chi connectivity index (χ3n) is 2.69. The average Bonchev–Trinajstić information content (AvgIpc) is 3.00. The SMILES string of the molecule is Clc1ccc(-c2nnn(C3CCCO3)n2)cc1. The van der Waals surface area contributed by atoms with E-state index in [1.54, 1.807) is 0 Å². The van der Waals surface area contributed by atoms with Crippen LogP contribution in [0.15, 0.2) is 24.3 Å². The molecule has 0 radical (unpaired) electrons. The van der Waals surface area contributed by atoms with Crippen molar-refractivity contribution in [3.05, 3.63) is 29.3 Å². The van der Waals surface area contributed by atoms with Gasteiger partial charge in [0.25, 0.3) is 0 Å². The molecule has 0 spiro atoms. The molecule has 2 aromatic rings. The van der Waals surface area contributed by atoms with Gasteiger partial charge < -0.3 is 4.74 Å². The van der Waals surface area contributed by atoms with E-state index in [-0.39, 0.29) is 6.23 Å². The smallest absolute Gasteiger partial charge is 0.205 e. The first-order chi connectivity index (χ1) is 8.33. The highest BCUT2D eigenvalue weighted by Crippen LogP contribution is 2.22. The van der Waals surface area contributed by atoms with Gasteiger partial charge in [0.05, 0.1) is 0 Å².